The molecule has 0 nitrogen and oxygen atoms in total. The third kappa shape index (κ3) is 10.8. The maximum absolute atomic E-state index is 2.01. The van der Waals surface area contributed by atoms with Crippen molar-refractivity contribution in [2.45, 2.75) is 0 Å². The van der Waals surface area contributed by atoms with Crippen LogP contribution < -0.4 is 0 Å². The Morgan fingerprint density at radius 3 is 1.20 bits per heavy atom. The van der Waals surface area contributed by atoms with Crippen LogP contribution in [0.25, 0.3) is 0 Å². The molecule has 0 atom stereocenters. The summed E-state index contributed by atoms with van der Waals surface area (Å²) >= 11 is 4.01. The van der Waals surface area contributed by atoms with Crippen LogP contribution in [0, 0.1) is 0 Å². The van der Waals surface area contributed by atoms with Gasteiger partial charge in [-0.3, -0.25) is 0 Å². The van der Waals surface area contributed by atoms with Crippen molar-refractivity contribution in [1.29, 1.82) is 0 Å². The van der Waals surface area contributed by atoms with Gasteiger partial charge in [0.2, 0.25) is 0 Å². The fourth-order valence-corrected chi connectivity index (χ4v) is 0. The van der Waals surface area contributed by atoms with Gasteiger partial charge in [0.05, 0.1) is 0 Å². The van der Waals surface area contributed by atoms with Gasteiger partial charge in [0.1, 0.15) is 0 Å². The maximum atomic E-state index is 2.01. The van der Waals surface area contributed by atoms with Crippen LogP contribution in [-0.2, 0) is 54.1 Å². The summed E-state index contributed by atoms with van der Waals surface area (Å²) < 4.78 is 0. The SMILES string of the molecule is [Cu].[Mo][S][S][Mo]. The molecule has 0 bridgehead atoms. The molecule has 0 aliphatic rings. The van der Waals surface area contributed by atoms with Crippen LogP contribution in [0.3, 0.4) is 0 Å². The van der Waals surface area contributed by atoms with Crippen molar-refractivity contribution in [3.05, 3.63) is 0 Å². The summed E-state index contributed by atoms with van der Waals surface area (Å²) in [6.07, 6.45) is 0. The predicted molar refractivity (Wildman–Crippen MR) is 15.2 cm³/mol. The van der Waals surface area contributed by atoms with Gasteiger partial charge in [0.15, 0.2) is 0 Å². The summed E-state index contributed by atoms with van der Waals surface area (Å²) in [5.41, 5.74) is 0. The van der Waals surface area contributed by atoms with E-state index in [0.29, 0.717) is 0 Å². The molecule has 5 heteroatoms. The van der Waals surface area contributed by atoms with E-state index in [1.807, 2.05) is 37.1 Å². The molecule has 0 aliphatic carbocycles. The molecular formula is CuMo2S2. The van der Waals surface area contributed by atoms with E-state index in [1.165, 1.54) is 0 Å². The van der Waals surface area contributed by atoms with Crippen molar-refractivity contribution in [2.24, 2.45) is 0 Å². The molecule has 0 aromatic rings. The van der Waals surface area contributed by atoms with Crippen LogP contribution in [0.4, 0.5) is 0 Å². The molecule has 0 amide bonds. The van der Waals surface area contributed by atoms with Crippen molar-refractivity contribution >= 4 is 17.0 Å². The van der Waals surface area contributed by atoms with Crippen LogP contribution in [0.5, 0.6) is 0 Å². The molecule has 0 saturated heterocycles. The number of hydrogen-bond donors (Lipinski definition) is 0. The molecule has 5 heavy (non-hydrogen) atoms. The Morgan fingerprint density at radius 1 is 1.00 bits per heavy atom. The summed E-state index contributed by atoms with van der Waals surface area (Å²) in [6.45, 7) is 0. The monoisotopic (exact) mass is 323 g/mol. The summed E-state index contributed by atoms with van der Waals surface area (Å²) in [6, 6.07) is 0. The fourth-order valence-electron chi connectivity index (χ4n) is 0. The van der Waals surface area contributed by atoms with E-state index in [2.05, 4.69) is 0 Å². The second kappa shape index (κ2) is 9.78. The average molecular weight is 320 g/mol. The molecule has 0 rings (SSSR count). The third-order valence-corrected chi connectivity index (χ3v) is 8.75. The molecule has 0 spiro atoms. The molecule has 0 unspecified atom stereocenters. The Labute approximate surface area is 70.1 Å². The molecule has 0 saturated carbocycles. The third-order valence-electron chi connectivity index (χ3n) is 0.0278. The first-order chi connectivity index (χ1) is 1.91. The number of hydrogen-bond acceptors (Lipinski definition) is 2. The predicted octanol–water partition coefficient (Wildman–Crippen LogP) is 1.29. The van der Waals surface area contributed by atoms with Crippen molar-refractivity contribution < 1.29 is 54.1 Å². The number of rotatable bonds is 1. The van der Waals surface area contributed by atoms with Gasteiger partial charge in [-0.2, -0.15) is 0 Å². The van der Waals surface area contributed by atoms with Crippen LogP contribution in [-0.4, -0.2) is 0 Å². The summed E-state index contributed by atoms with van der Waals surface area (Å²) in [5, 5.41) is 0. The molecular weight excluding hydrogens is 320 g/mol. The Morgan fingerprint density at radius 2 is 1.20 bits per heavy atom. The second-order valence-corrected chi connectivity index (χ2v) is 7.25. The zero-order valence-corrected chi connectivity index (χ0v) is 8.52. The van der Waals surface area contributed by atoms with E-state index in [4.69, 9.17) is 0 Å². The van der Waals surface area contributed by atoms with E-state index in [9.17, 15) is 0 Å². The summed E-state index contributed by atoms with van der Waals surface area (Å²) in [4.78, 5) is 0. The molecule has 1 radical (unpaired) electrons. The fraction of sp³-hybridized carbons (Fsp3) is 0. The van der Waals surface area contributed by atoms with Gasteiger partial charge in [0, 0.05) is 17.1 Å². The Bertz CT molecular complexity index is 9.61. The van der Waals surface area contributed by atoms with Gasteiger partial charge >= 0.3 is 54.1 Å². The van der Waals surface area contributed by atoms with Crippen LogP contribution >= 0.6 is 17.0 Å². The Hall–Kier alpha value is 2.60. The Balaban J connectivity index is 0. The van der Waals surface area contributed by atoms with E-state index in [1.54, 1.807) is 17.0 Å². The zero-order chi connectivity index (χ0) is 3.41. The summed E-state index contributed by atoms with van der Waals surface area (Å²) in [7, 11) is 3.58. The molecule has 0 heterocycles. The van der Waals surface area contributed by atoms with Gasteiger partial charge < -0.3 is 0 Å². The second-order valence-electron chi connectivity index (χ2n) is 0.136. The average Bonchev–Trinajstić information content (AvgIpc) is 1.37. The Kier molecular flexibility index (Phi) is 20.6. The first-order valence-corrected chi connectivity index (χ1v) is 7.42. The molecule has 35 valence electrons. The van der Waals surface area contributed by atoms with Crippen LogP contribution in [0.15, 0.2) is 0 Å². The molecule has 0 aromatic heterocycles. The van der Waals surface area contributed by atoms with Gasteiger partial charge in [0.25, 0.3) is 0 Å². The normalized spacial score (nSPS) is 5.60. The van der Waals surface area contributed by atoms with Gasteiger partial charge in [-0.1, -0.05) is 0 Å². The van der Waals surface area contributed by atoms with E-state index in [-0.39, 0.29) is 17.1 Å². The topological polar surface area (TPSA) is 0 Å². The van der Waals surface area contributed by atoms with Gasteiger partial charge in [-0.15, -0.1) is 0 Å². The van der Waals surface area contributed by atoms with Gasteiger partial charge in [-0.05, 0) is 0 Å². The zero-order valence-electron chi connectivity index (χ0n) is 1.93. The minimum absolute atomic E-state index is 0. The molecule has 0 fully saturated rings. The molecule has 0 aliphatic heterocycles. The van der Waals surface area contributed by atoms with Crippen LogP contribution in [0.1, 0.15) is 0 Å². The standard InChI is InChI=1S/Cu.2Mo.S2/c;;;1-2/q;2*+1;-2. The van der Waals surface area contributed by atoms with Gasteiger partial charge in [-0.25, -0.2) is 0 Å². The first kappa shape index (κ1) is 10.6. The van der Waals surface area contributed by atoms with Crippen LogP contribution in [0.2, 0.25) is 0 Å². The molecule has 0 aromatic carbocycles. The van der Waals surface area contributed by atoms with Crippen molar-refractivity contribution in [2.75, 3.05) is 0 Å². The van der Waals surface area contributed by atoms with E-state index in [0.717, 1.165) is 0 Å². The van der Waals surface area contributed by atoms with Crippen molar-refractivity contribution in [1.82, 2.24) is 0 Å². The molecule has 0 N–H and O–H groups in total. The van der Waals surface area contributed by atoms with Crippen molar-refractivity contribution in [3.63, 3.8) is 0 Å². The van der Waals surface area contributed by atoms with E-state index >= 15 is 0 Å². The van der Waals surface area contributed by atoms with Crippen molar-refractivity contribution in [3.8, 4) is 0 Å². The quantitative estimate of drug-likeness (QED) is 0.528. The minimum atomic E-state index is 0. The summed E-state index contributed by atoms with van der Waals surface area (Å²) in [5.74, 6) is 0. The first-order valence-electron chi connectivity index (χ1n) is 0.500. The van der Waals surface area contributed by atoms with E-state index < -0.39 is 0 Å².